The standard InChI is InChI=1S/C12H11NOS/c1-2-11(14)9-6-8-15-12(9)10-5-3-4-7-13-10/h3-8H,2H2,1H3. The van der Waals surface area contributed by atoms with Crippen molar-refractivity contribution in [1.29, 1.82) is 0 Å². The molecule has 0 unspecified atom stereocenters. The molecule has 2 aromatic rings. The molecule has 0 amide bonds. The summed E-state index contributed by atoms with van der Waals surface area (Å²) in [5.74, 6) is 0.178. The molecule has 2 nitrogen and oxygen atoms in total. The van der Waals surface area contributed by atoms with Gasteiger partial charge in [0.25, 0.3) is 0 Å². The van der Waals surface area contributed by atoms with Crippen LogP contribution in [0.3, 0.4) is 0 Å². The molecule has 0 spiro atoms. The van der Waals surface area contributed by atoms with Gasteiger partial charge in [0.05, 0.1) is 10.6 Å². The zero-order valence-corrected chi connectivity index (χ0v) is 9.25. The fraction of sp³-hybridized carbons (Fsp3) is 0.167. The summed E-state index contributed by atoms with van der Waals surface area (Å²) < 4.78 is 0. The zero-order chi connectivity index (χ0) is 10.7. The fourth-order valence-corrected chi connectivity index (χ4v) is 2.31. The molecular formula is C12H11NOS. The first-order valence-corrected chi connectivity index (χ1v) is 5.73. The molecule has 0 aliphatic heterocycles. The Bertz CT molecular complexity index is 461. The van der Waals surface area contributed by atoms with Crippen LogP contribution in [0, 0.1) is 0 Å². The van der Waals surface area contributed by atoms with Gasteiger partial charge in [-0.3, -0.25) is 9.78 Å². The monoisotopic (exact) mass is 217 g/mol. The van der Waals surface area contributed by atoms with Gasteiger partial charge in [-0.25, -0.2) is 0 Å². The number of Topliss-reactive ketones (excluding diaryl/α,β-unsaturated/α-hetero) is 1. The summed E-state index contributed by atoms with van der Waals surface area (Å²) >= 11 is 1.56. The Morgan fingerprint density at radius 3 is 2.93 bits per heavy atom. The molecule has 0 radical (unpaired) electrons. The van der Waals surface area contributed by atoms with E-state index < -0.39 is 0 Å². The first-order valence-electron chi connectivity index (χ1n) is 4.85. The molecule has 0 saturated heterocycles. The largest absolute Gasteiger partial charge is 0.294 e. The topological polar surface area (TPSA) is 30.0 Å². The lowest BCUT2D eigenvalue weighted by Gasteiger charge is -2.00. The molecule has 0 N–H and O–H groups in total. The van der Waals surface area contributed by atoms with Gasteiger partial charge in [0, 0.05) is 18.2 Å². The minimum absolute atomic E-state index is 0.178. The van der Waals surface area contributed by atoms with Crippen molar-refractivity contribution < 1.29 is 4.79 Å². The van der Waals surface area contributed by atoms with Crippen molar-refractivity contribution in [3.8, 4) is 10.6 Å². The maximum atomic E-state index is 11.6. The van der Waals surface area contributed by atoms with E-state index in [-0.39, 0.29) is 5.78 Å². The van der Waals surface area contributed by atoms with Crippen LogP contribution < -0.4 is 0 Å². The van der Waals surface area contributed by atoms with Crippen LogP contribution in [0.4, 0.5) is 0 Å². The van der Waals surface area contributed by atoms with E-state index in [0.717, 1.165) is 16.1 Å². The minimum atomic E-state index is 0.178. The number of hydrogen-bond donors (Lipinski definition) is 0. The SMILES string of the molecule is CCC(=O)c1ccsc1-c1ccccn1. The quantitative estimate of drug-likeness (QED) is 0.737. The van der Waals surface area contributed by atoms with Gasteiger partial charge in [0.1, 0.15) is 0 Å². The Kier molecular flexibility index (Phi) is 2.92. The highest BCUT2D eigenvalue weighted by molar-refractivity contribution is 7.14. The van der Waals surface area contributed by atoms with E-state index in [9.17, 15) is 4.79 Å². The van der Waals surface area contributed by atoms with Crippen LogP contribution >= 0.6 is 11.3 Å². The number of carbonyl (C=O) groups excluding carboxylic acids is 1. The number of aromatic nitrogens is 1. The molecule has 3 heteroatoms. The highest BCUT2D eigenvalue weighted by Crippen LogP contribution is 2.28. The van der Waals surface area contributed by atoms with Crippen molar-refractivity contribution in [3.63, 3.8) is 0 Å². The van der Waals surface area contributed by atoms with Gasteiger partial charge in [0.2, 0.25) is 0 Å². The van der Waals surface area contributed by atoms with Crippen molar-refractivity contribution in [2.45, 2.75) is 13.3 Å². The molecule has 0 fully saturated rings. The summed E-state index contributed by atoms with van der Waals surface area (Å²) in [7, 11) is 0. The van der Waals surface area contributed by atoms with Gasteiger partial charge >= 0.3 is 0 Å². The Morgan fingerprint density at radius 2 is 2.27 bits per heavy atom. The molecular weight excluding hydrogens is 206 g/mol. The van der Waals surface area contributed by atoms with Crippen LogP contribution in [0.5, 0.6) is 0 Å². The van der Waals surface area contributed by atoms with Crippen LogP contribution in [-0.4, -0.2) is 10.8 Å². The summed E-state index contributed by atoms with van der Waals surface area (Å²) in [6.07, 6.45) is 2.28. The van der Waals surface area contributed by atoms with Gasteiger partial charge in [-0.05, 0) is 23.6 Å². The van der Waals surface area contributed by atoms with Gasteiger partial charge in [-0.1, -0.05) is 13.0 Å². The Balaban J connectivity index is 2.46. The zero-order valence-electron chi connectivity index (χ0n) is 8.43. The van der Waals surface area contributed by atoms with Crippen LogP contribution in [0.25, 0.3) is 10.6 Å². The summed E-state index contributed by atoms with van der Waals surface area (Å²) in [5.41, 5.74) is 1.67. The summed E-state index contributed by atoms with van der Waals surface area (Å²) in [4.78, 5) is 16.9. The fourth-order valence-electron chi connectivity index (χ4n) is 1.41. The Labute approximate surface area is 92.6 Å². The predicted molar refractivity (Wildman–Crippen MR) is 62.2 cm³/mol. The Morgan fingerprint density at radius 1 is 1.40 bits per heavy atom. The molecule has 2 heterocycles. The number of carbonyl (C=O) groups is 1. The molecule has 0 aliphatic rings. The summed E-state index contributed by atoms with van der Waals surface area (Å²) in [6, 6.07) is 7.61. The number of thiophene rings is 1. The minimum Gasteiger partial charge on any atom is -0.294 e. The third-order valence-electron chi connectivity index (χ3n) is 2.18. The van der Waals surface area contributed by atoms with Crippen molar-refractivity contribution >= 4 is 17.1 Å². The van der Waals surface area contributed by atoms with Gasteiger partial charge in [-0.15, -0.1) is 11.3 Å². The summed E-state index contributed by atoms with van der Waals surface area (Å²) in [5, 5.41) is 1.94. The predicted octanol–water partition coefficient (Wildman–Crippen LogP) is 3.40. The molecule has 0 aliphatic carbocycles. The van der Waals surface area contributed by atoms with E-state index in [1.807, 2.05) is 36.6 Å². The molecule has 2 rings (SSSR count). The third-order valence-corrected chi connectivity index (χ3v) is 3.12. The number of rotatable bonds is 3. The molecule has 0 atom stereocenters. The lowest BCUT2D eigenvalue weighted by molar-refractivity contribution is 0.0989. The van der Waals surface area contributed by atoms with Gasteiger partial charge < -0.3 is 0 Å². The lowest BCUT2D eigenvalue weighted by atomic mass is 10.1. The smallest absolute Gasteiger partial charge is 0.164 e. The second-order valence-corrected chi connectivity index (χ2v) is 4.07. The normalized spacial score (nSPS) is 10.2. The number of ketones is 1. The van der Waals surface area contributed by atoms with E-state index in [1.165, 1.54) is 0 Å². The molecule has 0 aromatic carbocycles. The molecule has 76 valence electrons. The van der Waals surface area contributed by atoms with E-state index in [1.54, 1.807) is 17.5 Å². The average molecular weight is 217 g/mol. The van der Waals surface area contributed by atoms with Crippen molar-refractivity contribution in [3.05, 3.63) is 41.4 Å². The van der Waals surface area contributed by atoms with Crippen LogP contribution in [0.2, 0.25) is 0 Å². The van der Waals surface area contributed by atoms with Crippen molar-refractivity contribution in [2.75, 3.05) is 0 Å². The Hall–Kier alpha value is -1.48. The van der Waals surface area contributed by atoms with Gasteiger partial charge in [-0.2, -0.15) is 0 Å². The van der Waals surface area contributed by atoms with E-state index in [4.69, 9.17) is 0 Å². The van der Waals surface area contributed by atoms with Gasteiger partial charge in [0.15, 0.2) is 5.78 Å². The van der Waals surface area contributed by atoms with Crippen molar-refractivity contribution in [2.24, 2.45) is 0 Å². The lowest BCUT2D eigenvalue weighted by Crippen LogP contribution is -1.96. The van der Waals surface area contributed by atoms with Crippen LogP contribution in [0.1, 0.15) is 23.7 Å². The first-order chi connectivity index (χ1) is 7.33. The summed E-state index contributed by atoms with van der Waals surface area (Å²) in [6.45, 7) is 1.88. The number of pyridine rings is 1. The number of nitrogens with zero attached hydrogens (tertiary/aromatic N) is 1. The molecule has 0 bridgehead atoms. The maximum absolute atomic E-state index is 11.6. The van der Waals surface area contributed by atoms with E-state index in [0.29, 0.717) is 6.42 Å². The molecule has 2 aromatic heterocycles. The van der Waals surface area contributed by atoms with E-state index >= 15 is 0 Å². The van der Waals surface area contributed by atoms with Crippen LogP contribution in [-0.2, 0) is 0 Å². The average Bonchev–Trinajstić information content (AvgIpc) is 2.78. The molecule has 0 saturated carbocycles. The second kappa shape index (κ2) is 4.36. The maximum Gasteiger partial charge on any atom is 0.164 e. The molecule has 15 heavy (non-hydrogen) atoms. The van der Waals surface area contributed by atoms with Crippen molar-refractivity contribution in [1.82, 2.24) is 4.98 Å². The first kappa shape index (κ1) is 10.1. The van der Waals surface area contributed by atoms with E-state index in [2.05, 4.69) is 4.98 Å². The second-order valence-electron chi connectivity index (χ2n) is 3.16. The highest BCUT2D eigenvalue weighted by atomic mass is 32.1. The number of hydrogen-bond acceptors (Lipinski definition) is 3. The highest BCUT2D eigenvalue weighted by Gasteiger charge is 2.12. The third kappa shape index (κ3) is 1.97. The van der Waals surface area contributed by atoms with Crippen LogP contribution in [0.15, 0.2) is 35.8 Å².